The number of carbonyl (C=O) groups is 2. The number of carbonyl (C=O) groups excluding carboxylic acids is 2. The van der Waals surface area contributed by atoms with Crippen LogP contribution in [0, 0.1) is 6.92 Å². The number of hydrogen-bond acceptors (Lipinski definition) is 6. The summed E-state index contributed by atoms with van der Waals surface area (Å²) in [4.78, 5) is 24.8. The summed E-state index contributed by atoms with van der Waals surface area (Å²) in [6.45, 7) is 1.62. The molecule has 1 amide bonds. The van der Waals surface area contributed by atoms with E-state index in [2.05, 4.69) is 5.32 Å². The second-order valence-corrected chi connectivity index (χ2v) is 6.35. The fourth-order valence-electron chi connectivity index (χ4n) is 2.13. The summed E-state index contributed by atoms with van der Waals surface area (Å²) >= 11 is 1.38. The largest absolute Gasteiger partial charge is 0.497 e. The SMILES string of the molecule is COc1ccc(NC(=O)COC(=O)CSc2ccccc2C)c(OC)c1. The number of ether oxygens (including phenoxy) is 3. The molecule has 138 valence electrons. The van der Waals surface area contributed by atoms with E-state index in [0.717, 1.165) is 10.5 Å². The Hall–Kier alpha value is -2.67. The Kier molecular flexibility index (Phi) is 7.35. The van der Waals surface area contributed by atoms with Crippen LogP contribution in [0.4, 0.5) is 5.69 Å². The van der Waals surface area contributed by atoms with E-state index in [0.29, 0.717) is 17.2 Å². The number of rotatable bonds is 8. The van der Waals surface area contributed by atoms with Crippen LogP contribution in [0.1, 0.15) is 5.56 Å². The minimum Gasteiger partial charge on any atom is -0.497 e. The number of esters is 1. The molecular formula is C19H21NO5S. The highest BCUT2D eigenvalue weighted by Gasteiger charge is 2.12. The zero-order valence-electron chi connectivity index (χ0n) is 14.9. The average Bonchev–Trinajstić information content (AvgIpc) is 2.66. The van der Waals surface area contributed by atoms with E-state index in [1.54, 1.807) is 25.3 Å². The standard InChI is InChI=1S/C19H21NO5S/c1-13-6-4-5-7-17(13)26-12-19(22)25-11-18(21)20-15-9-8-14(23-2)10-16(15)24-3/h4-10H,11-12H2,1-3H3,(H,20,21). The first-order valence-corrected chi connectivity index (χ1v) is 8.88. The topological polar surface area (TPSA) is 73.9 Å². The Bertz CT molecular complexity index is 778. The van der Waals surface area contributed by atoms with Crippen molar-refractivity contribution in [1.82, 2.24) is 0 Å². The minimum absolute atomic E-state index is 0.143. The van der Waals surface area contributed by atoms with Crippen molar-refractivity contribution < 1.29 is 23.8 Å². The summed E-state index contributed by atoms with van der Waals surface area (Å²) in [6.07, 6.45) is 0. The van der Waals surface area contributed by atoms with Crippen LogP contribution in [0.15, 0.2) is 47.4 Å². The molecule has 2 rings (SSSR count). The third-order valence-electron chi connectivity index (χ3n) is 3.49. The van der Waals surface area contributed by atoms with Gasteiger partial charge in [0.2, 0.25) is 0 Å². The molecule has 2 aromatic rings. The van der Waals surface area contributed by atoms with Gasteiger partial charge >= 0.3 is 5.97 Å². The van der Waals surface area contributed by atoms with Crippen LogP contribution in [0.2, 0.25) is 0 Å². The summed E-state index contributed by atoms with van der Waals surface area (Å²) in [7, 11) is 3.04. The van der Waals surface area contributed by atoms with Crippen LogP contribution >= 0.6 is 11.8 Å². The molecule has 0 radical (unpaired) electrons. The van der Waals surface area contributed by atoms with Crippen molar-refractivity contribution in [2.75, 3.05) is 31.9 Å². The summed E-state index contributed by atoms with van der Waals surface area (Å²) in [6, 6.07) is 12.8. The van der Waals surface area contributed by atoms with Gasteiger partial charge in [-0.05, 0) is 30.7 Å². The molecule has 0 heterocycles. The molecular weight excluding hydrogens is 354 g/mol. The lowest BCUT2D eigenvalue weighted by molar-refractivity contribution is -0.144. The maximum atomic E-state index is 12.0. The lowest BCUT2D eigenvalue weighted by atomic mass is 10.2. The molecule has 0 aliphatic rings. The van der Waals surface area contributed by atoms with Crippen LogP contribution in [-0.2, 0) is 14.3 Å². The van der Waals surface area contributed by atoms with Gasteiger partial charge in [0, 0.05) is 11.0 Å². The molecule has 0 unspecified atom stereocenters. The molecule has 1 N–H and O–H groups in total. The van der Waals surface area contributed by atoms with E-state index in [9.17, 15) is 9.59 Å². The number of nitrogens with one attached hydrogen (secondary N) is 1. The molecule has 0 fully saturated rings. The van der Waals surface area contributed by atoms with E-state index in [4.69, 9.17) is 14.2 Å². The molecule has 0 aromatic heterocycles. The van der Waals surface area contributed by atoms with Crippen molar-refractivity contribution in [3.8, 4) is 11.5 Å². The van der Waals surface area contributed by atoms with Gasteiger partial charge in [-0.3, -0.25) is 9.59 Å². The number of anilines is 1. The Labute approximate surface area is 156 Å². The van der Waals surface area contributed by atoms with E-state index in [1.165, 1.54) is 18.9 Å². The zero-order valence-corrected chi connectivity index (χ0v) is 15.7. The van der Waals surface area contributed by atoms with Crippen molar-refractivity contribution in [3.63, 3.8) is 0 Å². The third-order valence-corrected chi connectivity index (χ3v) is 4.64. The van der Waals surface area contributed by atoms with E-state index in [-0.39, 0.29) is 12.4 Å². The van der Waals surface area contributed by atoms with Gasteiger partial charge in [-0.1, -0.05) is 18.2 Å². The quantitative estimate of drug-likeness (QED) is 0.564. The van der Waals surface area contributed by atoms with Crippen molar-refractivity contribution in [2.45, 2.75) is 11.8 Å². The molecule has 0 saturated carbocycles. The molecule has 7 heteroatoms. The molecule has 0 aliphatic carbocycles. The Morgan fingerprint density at radius 3 is 2.54 bits per heavy atom. The van der Waals surface area contributed by atoms with Gasteiger partial charge in [0.1, 0.15) is 11.5 Å². The van der Waals surface area contributed by atoms with Gasteiger partial charge < -0.3 is 19.5 Å². The minimum atomic E-state index is -0.449. The van der Waals surface area contributed by atoms with Crippen LogP contribution < -0.4 is 14.8 Å². The molecule has 6 nitrogen and oxygen atoms in total. The van der Waals surface area contributed by atoms with E-state index in [1.807, 2.05) is 31.2 Å². The number of aryl methyl sites for hydroxylation is 1. The predicted molar refractivity (Wildman–Crippen MR) is 101 cm³/mol. The van der Waals surface area contributed by atoms with Crippen molar-refractivity contribution in [3.05, 3.63) is 48.0 Å². The van der Waals surface area contributed by atoms with Crippen LogP contribution in [0.25, 0.3) is 0 Å². The number of methoxy groups -OCH3 is 2. The van der Waals surface area contributed by atoms with Crippen LogP contribution in [0.3, 0.4) is 0 Å². The summed E-state index contributed by atoms with van der Waals surface area (Å²) < 4.78 is 15.3. The average molecular weight is 375 g/mol. The molecule has 26 heavy (non-hydrogen) atoms. The second kappa shape index (κ2) is 9.72. The van der Waals surface area contributed by atoms with E-state index >= 15 is 0 Å². The molecule has 0 atom stereocenters. The fraction of sp³-hybridized carbons (Fsp3) is 0.263. The zero-order chi connectivity index (χ0) is 18.9. The van der Waals surface area contributed by atoms with Gasteiger partial charge in [-0.2, -0.15) is 0 Å². The van der Waals surface area contributed by atoms with Gasteiger partial charge in [0.15, 0.2) is 6.61 Å². The first kappa shape index (κ1) is 19.7. The van der Waals surface area contributed by atoms with Crippen LogP contribution in [-0.4, -0.2) is 38.5 Å². The van der Waals surface area contributed by atoms with Gasteiger partial charge in [0.05, 0.1) is 25.7 Å². The fourth-order valence-corrected chi connectivity index (χ4v) is 2.96. The molecule has 0 bridgehead atoms. The Balaban J connectivity index is 1.81. The highest BCUT2D eigenvalue weighted by atomic mass is 32.2. The molecule has 2 aromatic carbocycles. The van der Waals surface area contributed by atoms with Crippen molar-refractivity contribution in [1.29, 1.82) is 0 Å². The van der Waals surface area contributed by atoms with Gasteiger partial charge in [0.25, 0.3) is 5.91 Å². The lowest BCUT2D eigenvalue weighted by Crippen LogP contribution is -2.22. The normalized spacial score (nSPS) is 10.1. The van der Waals surface area contributed by atoms with Crippen molar-refractivity contribution in [2.24, 2.45) is 0 Å². The lowest BCUT2D eigenvalue weighted by Gasteiger charge is -2.12. The maximum absolute atomic E-state index is 12.0. The Morgan fingerprint density at radius 2 is 1.85 bits per heavy atom. The molecule has 0 spiro atoms. The third kappa shape index (κ3) is 5.70. The van der Waals surface area contributed by atoms with Gasteiger partial charge in [-0.25, -0.2) is 0 Å². The maximum Gasteiger partial charge on any atom is 0.316 e. The number of amides is 1. The van der Waals surface area contributed by atoms with Crippen LogP contribution in [0.5, 0.6) is 11.5 Å². The highest BCUT2D eigenvalue weighted by molar-refractivity contribution is 8.00. The Morgan fingerprint density at radius 1 is 1.08 bits per heavy atom. The number of thioether (sulfide) groups is 1. The smallest absolute Gasteiger partial charge is 0.316 e. The number of hydrogen-bond donors (Lipinski definition) is 1. The van der Waals surface area contributed by atoms with E-state index < -0.39 is 11.9 Å². The summed E-state index contributed by atoms with van der Waals surface area (Å²) in [5, 5.41) is 2.65. The predicted octanol–water partition coefficient (Wildman–Crippen LogP) is 3.29. The second-order valence-electron chi connectivity index (χ2n) is 5.33. The number of benzene rings is 2. The van der Waals surface area contributed by atoms with Crippen molar-refractivity contribution >= 4 is 29.3 Å². The first-order chi connectivity index (χ1) is 12.5. The summed E-state index contributed by atoms with van der Waals surface area (Å²) in [5.74, 6) is 0.320. The molecule has 0 aliphatic heterocycles. The van der Waals surface area contributed by atoms with Gasteiger partial charge in [-0.15, -0.1) is 11.8 Å². The molecule has 0 saturated heterocycles. The summed E-state index contributed by atoms with van der Waals surface area (Å²) in [5.41, 5.74) is 1.57. The first-order valence-electron chi connectivity index (χ1n) is 7.89. The highest BCUT2D eigenvalue weighted by Crippen LogP contribution is 2.29. The monoisotopic (exact) mass is 375 g/mol.